The van der Waals surface area contributed by atoms with Crippen LogP contribution in [-0.4, -0.2) is 85.0 Å². The summed E-state index contributed by atoms with van der Waals surface area (Å²) in [5, 5.41) is 14.2. The van der Waals surface area contributed by atoms with Gasteiger partial charge in [0.2, 0.25) is 0 Å². The molecule has 2 aliphatic rings. The maximum Gasteiger partial charge on any atom is 0.490 e. The van der Waals surface area contributed by atoms with Crippen LogP contribution in [0.1, 0.15) is 37.2 Å². The molecular weight excluding hydrogens is 536 g/mol. The third-order valence-electron chi connectivity index (χ3n) is 6.79. The zero-order valence-electron chi connectivity index (χ0n) is 21.4. The lowest BCUT2D eigenvalue weighted by atomic mass is 9.60. The van der Waals surface area contributed by atoms with Gasteiger partial charge in [-0.3, -0.25) is 14.8 Å². The van der Waals surface area contributed by atoms with E-state index < -0.39 is 24.3 Å². The summed E-state index contributed by atoms with van der Waals surface area (Å²) in [5.74, 6) is -4.34. The minimum absolute atomic E-state index is 0.598. The van der Waals surface area contributed by atoms with Crippen molar-refractivity contribution in [1.82, 2.24) is 24.3 Å². The highest BCUT2D eigenvalue weighted by Gasteiger charge is 2.47. The second-order valence-electron chi connectivity index (χ2n) is 9.63. The summed E-state index contributed by atoms with van der Waals surface area (Å²) in [6, 6.07) is 6.92. The average Bonchev–Trinajstić information content (AvgIpc) is 3.22. The van der Waals surface area contributed by atoms with Gasteiger partial charge < -0.3 is 14.8 Å². The predicted octanol–water partition coefficient (Wildman–Crippen LogP) is 3.96. The predicted molar refractivity (Wildman–Crippen MR) is 126 cm³/mol. The fourth-order valence-electron chi connectivity index (χ4n) is 4.47. The summed E-state index contributed by atoms with van der Waals surface area (Å²) >= 11 is 0. The van der Waals surface area contributed by atoms with Crippen molar-refractivity contribution < 1.29 is 46.1 Å². The van der Waals surface area contributed by atoms with Gasteiger partial charge in [-0.25, -0.2) is 14.6 Å². The van der Waals surface area contributed by atoms with Crippen LogP contribution in [0.2, 0.25) is 0 Å². The van der Waals surface area contributed by atoms with E-state index in [-0.39, 0.29) is 0 Å². The van der Waals surface area contributed by atoms with E-state index in [4.69, 9.17) is 19.8 Å². The summed E-state index contributed by atoms with van der Waals surface area (Å²) < 4.78 is 65.6. The molecule has 0 bridgehead atoms. The Morgan fingerprint density at radius 3 is 1.95 bits per heavy atom. The van der Waals surface area contributed by atoms with Gasteiger partial charge >= 0.3 is 24.3 Å². The molecule has 0 amide bonds. The van der Waals surface area contributed by atoms with Crippen molar-refractivity contribution in [2.45, 2.75) is 57.2 Å². The van der Waals surface area contributed by atoms with Crippen LogP contribution < -0.4 is 0 Å². The molecule has 39 heavy (non-hydrogen) atoms. The first kappa shape index (κ1) is 32.0. The molecule has 1 spiro atoms. The summed E-state index contributed by atoms with van der Waals surface area (Å²) in [6.45, 7) is 4.38. The average molecular weight is 568 g/mol. The molecule has 3 heterocycles. The highest BCUT2D eigenvalue weighted by atomic mass is 19.4. The van der Waals surface area contributed by atoms with Crippen molar-refractivity contribution in [3.8, 4) is 0 Å². The van der Waals surface area contributed by atoms with Gasteiger partial charge in [0.15, 0.2) is 0 Å². The SMILES string of the molecule is CN(Cc1ccccn1)C1CC2(CCN(Cc3nccn3C)CC2)C1.O=C(O)C(F)(F)F.O=C(O)C(F)(F)F. The summed E-state index contributed by atoms with van der Waals surface area (Å²) in [4.78, 5) is 31.8. The highest BCUT2D eigenvalue weighted by Crippen LogP contribution is 2.51. The number of carboxylic acids is 2. The van der Waals surface area contributed by atoms with Crippen molar-refractivity contribution >= 4 is 11.9 Å². The van der Waals surface area contributed by atoms with Crippen LogP contribution in [0, 0.1) is 5.41 Å². The van der Waals surface area contributed by atoms with Crippen LogP contribution in [-0.2, 0) is 29.7 Å². The maximum absolute atomic E-state index is 10.6. The minimum Gasteiger partial charge on any atom is -0.475 e. The molecule has 4 rings (SSSR count). The Morgan fingerprint density at radius 1 is 1.00 bits per heavy atom. The van der Waals surface area contributed by atoms with E-state index in [1.54, 1.807) is 0 Å². The number of rotatable bonds is 5. The third-order valence-corrected chi connectivity index (χ3v) is 6.79. The van der Waals surface area contributed by atoms with Gasteiger partial charge in [0.05, 0.1) is 12.2 Å². The standard InChI is InChI=1S/C20H29N5.2C2HF3O2/c1-23-12-9-22-19(23)16-25-10-6-20(7-11-25)13-18(14-20)24(2)15-17-5-3-4-8-21-17;2*3-2(4,5)1(6)7/h3-5,8-9,12,18H,6-7,10-11,13-16H2,1-2H3;2*(H,6,7). The monoisotopic (exact) mass is 567 g/mol. The van der Waals surface area contributed by atoms with E-state index in [9.17, 15) is 26.3 Å². The van der Waals surface area contributed by atoms with Crippen LogP contribution in [0.4, 0.5) is 26.3 Å². The van der Waals surface area contributed by atoms with Gasteiger partial charge in [-0.05, 0) is 63.4 Å². The number of carboxylic acid groups (broad SMARTS) is 2. The van der Waals surface area contributed by atoms with Crippen molar-refractivity contribution in [3.63, 3.8) is 0 Å². The molecular formula is C24H31F6N5O4. The number of aromatic nitrogens is 3. The van der Waals surface area contributed by atoms with Crippen LogP contribution in [0.15, 0.2) is 36.8 Å². The van der Waals surface area contributed by atoms with Crippen LogP contribution in [0.25, 0.3) is 0 Å². The third kappa shape index (κ3) is 10.1. The number of hydrogen-bond acceptors (Lipinski definition) is 6. The Hall–Kier alpha value is -3.20. The fourth-order valence-corrected chi connectivity index (χ4v) is 4.47. The fraction of sp³-hybridized carbons (Fsp3) is 0.583. The molecule has 1 saturated carbocycles. The van der Waals surface area contributed by atoms with E-state index in [0.29, 0.717) is 5.41 Å². The molecule has 15 heteroatoms. The normalized spacial score (nSPS) is 17.5. The van der Waals surface area contributed by atoms with E-state index in [1.807, 2.05) is 24.7 Å². The van der Waals surface area contributed by atoms with Crippen LogP contribution in [0.3, 0.4) is 0 Å². The quantitative estimate of drug-likeness (QED) is 0.523. The summed E-state index contributed by atoms with van der Waals surface area (Å²) in [6.07, 6.45) is 1.04. The Kier molecular flexibility index (Phi) is 10.9. The van der Waals surface area contributed by atoms with E-state index in [2.05, 4.69) is 50.6 Å². The minimum atomic E-state index is -5.08. The molecule has 1 saturated heterocycles. The molecule has 2 N–H and O–H groups in total. The number of pyridine rings is 1. The number of piperidine rings is 1. The first-order valence-corrected chi connectivity index (χ1v) is 11.9. The van der Waals surface area contributed by atoms with Gasteiger partial charge in [-0.2, -0.15) is 26.3 Å². The zero-order valence-corrected chi connectivity index (χ0v) is 21.4. The second kappa shape index (κ2) is 13.2. The van der Waals surface area contributed by atoms with Gasteiger partial charge in [0.1, 0.15) is 5.82 Å². The number of imidazole rings is 1. The van der Waals surface area contributed by atoms with E-state index >= 15 is 0 Å². The number of aliphatic carboxylic acids is 2. The summed E-state index contributed by atoms with van der Waals surface area (Å²) in [7, 11) is 4.34. The molecule has 218 valence electrons. The molecule has 0 atom stereocenters. The number of nitrogens with zero attached hydrogens (tertiary/aromatic N) is 5. The zero-order chi connectivity index (χ0) is 29.4. The Balaban J connectivity index is 0.000000317. The maximum atomic E-state index is 10.6. The van der Waals surface area contributed by atoms with Crippen LogP contribution >= 0.6 is 0 Å². The first-order chi connectivity index (χ1) is 18.0. The van der Waals surface area contributed by atoms with Crippen molar-refractivity contribution in [2.24, 2.45) is 12.5 Å². The van der Waals surface area contributed by atoms with Crippen LogP contribution in [0.5, 0.6) is 0 Å². The molecule has 2 aromatic rings. The topological polar surface area (TPSA) is 112 Å². The van der Waals surface area contributed by atoms with Gasteiger partial charge in [0.25, 0.3) is 0 Å². The number of aryl methyl sites for hydroxylation is 1. The van der Waals surface area contributed by atoms with E-state index in [1.165, 1.54) is 50.3 Å². The lowest BCUT2D eigenvalue weighted by molar-refractivity contribution is -0.193. The smallest absolute Gasteiger partial charge is 0.475 e. The van der Waals surface area contributed by atoms with Crippen molar-refractivity contribution in [2.75, 3.05) is 20.1 Å². The highest BCUT2D eigenvalue weighted by molar-refractivity contribution is 5.73. The Labute approximate surface area is 221 Å². The molecule has 0 aromatic carbocycles. The molecule has 0 radical (unpaired) electrons. The summed E-state index contributed by atoms with van der Waals surface area (Å²) in [5.41, 5.74) is 1.78. The number of halogens is 6. The number of alkyl halides is 6. The Bertz CT molecular complexity index is 1040. The molecule has 2 aromatic heterocycles. The number of likely N-dealkylation sites (tertiary alicyclic amines) is 1. The lowest BCUT2D eigenvalue weighted by Crippen LogP contribution is -2.53. The first-order valence-electron chi connectivity index (χ1n) is 11.9. The molecule has 2 fully saturated rings. The molecule has 9 nitrogen and oxygen atoms in total. The molecule has 1 aliphatic carbocycles. The molecule has 1 aliphatic heterocycles. The second-order valence-corrected chi connectivity index (χ2v) is 9.63. The lowest BCUT2D eigenvalue weighted by Gasteiger charge is -2.54. The van der Waals surface area contributed by atoms with Gasteiger partial charge in [-0.15, -0.1) is 0 Å². The van der Waals surface area contributed by atoms with Crippen molar-refractivity contribution in [1.29, 1.82) is 0 Å². The largest absolute Gasteiger partial charge is 0.490 e. The van der Waals surface area contributed by atoms with Crippen molar-refractivity contribution in [3.05, 3.63) is 48.3 Å². The number of carbonyl (C=O) groups is 2. The molecule has 0 unspecified atom stereocenters. The van der Waals surface area contributed by atoms with Gasteiger partial charge in [-0.1, -0.05) is 6.07 Å². The Morgan fingerprint density at radius 2 is 1.54 bits per heavy atom. The number of hydrogen-bond donors (Lipinski definition) is 2. The van der Waals surface area contributed by atoms with Gasteiger partial charge in [0, 0.05) is 38.2 Å². The van der Waals surface area contributed by atoms with E-state index in [0.717, 1.165) is 19.1 Å².